The molecule has 1 saturated heterocycles. The standard InChI is InChI=1S/C21H24N2O5/c1-26-18-9-8-15(14-19(18)27-2)20(24)22-16-10-12-23(13-11-16)21(25)28-17-6-4-3-5-7-17/h3-9,14,16H,10-13H2,1-2H3,(H,22,24). The highest BCUT2D eigenvalue weighted by Crippen LogP contribution is 2.27. The maximum absolute atomic E-state index is 12.5. The Hall–Kier alpha value is -3.22. The van der Waals surface area contributed by atoms with E-state index < -0.39 is 0 Å². The molecule has 0 atom stereocenters. The first-order valence-corrected chi connectivity index (χ1v) is 9.15. The van der Waals surface area contributed by atoms with Gasteiger partial charge in [-0.05, 0) is 43.2 Å². The minimum absolute atomic E-state index is 0.00127. The van der Waals surface area contributed by atoms with E-state index in [9.17, 15) is 9.59 Å². The van der Waals surface area contributed by atoms with Crippen LogP contribution in [0.15, 0.2) is 48.5 Å². The van der Waals surface area contributed by atoms with Crippen LogP contribution in [0, 0.1) is 0 Å². The lowest BCUT2D eigenvalue weighted by molar-refractivity contribution is 0.0909. The summed E-state index contributed by atoms with van der Waals surface area (Å²) in [4.78, 5) is 26.4. The van der Waals surface area contributed by atoms with E-state index in [1.165, 1.54) is 7.11 Å². The van der Waals surface area contributed by atoms with Crippen molar-refractivity contribution in [3.8, 4) is 17.2 Å². The van der Waals surface area contributed by atoms with Gasteiger partial charge in [0.2, 0.25) is 0 Å². The van der Waals surface area contributed by atoms with Gasteiger partial charge in [-0.25, -0.2) is 4.79 Å². The zero-order chi connectivity index (χ0) is 19.9. The second-order valence-electron chi connectivity index (χ2n) is 6.49. The van der Waals surface area contributed by atoms with Gasteiger partial charge < -0.3 is 24.4 Å². The molecule has 1 aliphatic rings. The summed E-state index contributed by atoms with van der Waals surface area (Å²) >= 11 is 0. The Morgan fingerprint density at radius 3 is 2.29 bits per heavy atom. The monoisotopic (exact) mass is 384 g/mol. The number of likely N-dealkylation sites (tertiary alicyclic amines) is 1. The maximum Gasteiger partial charge on any atom is 0.415 e. The first-order valence-electron chi connectivity index (χ1n) is 9.15. The second kappa shape index (κ2) is 9.12. The van der Waals surface area contributed by atoms with Gasteiger partial charge in [0.25, 0.3) is 5.91 Å². The first-order chi connectivity index (χ1) is 13.6. The summed E-state index contributed by atoms with van der Waals surface area (Å²) in [6.45, 7) is 1.06. The molecule has 0 unspecified atom stereocenters. The molecule has 0 spiro atoms. The van der Waals surface area contributed by atoms with Crippen LogP contribution in [0.5, 0.6) is 17.2 Å². The number of carbonyl (C=O) groups is 2. The SMILES string of the molecule is COc1ccc(C(=O)NC2CCN(C(=O)Oc3ccccc3)CC2)cc1OC. The Bertz CT molecular complexity index is 817. The summed E-state index contributed by atoms with van der Waals surface area (Å²) in [5.41, 5.74) is 0.503. The summed E-state index contributed by atoms with van der Waals surface area (Å²) in [6.07, 6.45) is 0.974. The van der Waals surface area contributed by atoms with Crippen LogP contribution in [0.1, 0.15) is 23.2 Å². The molecule has 28 heavy (non-hydrogen) atoms. The summed E-state index contributed by atoms with van der Waals surface area (Å²) in [5.74, 6) is 1.43. The highest BCUT2D eigenvalue weighted by atomic mass is 16.6. The Kier molecular flexibility index (Phi) is 6.37. The quantitative estimate of drug-likeness (QED) is 0.857. The van der Waals surface area contributed by atoms with Crippen molar-refractivity contribution in [2.45, 2.75) is 18.9 Å². The van der Waals surface area contributed by atoms with Gasteiger partial charge in [0, 0.05) is 24.7 Å². The smallest absolute Gasteiger partial charge is 0.415 e. The van der Waals surface area contributed by atoms with Crippen LogP contribution in [-0.4, -0.2) is 50.3 Å². The van der Waals surface area contributed by atoms with Gasteiger partial charge in [-0.1, -0.05) is 18.2 Å². The molecule has 0 radical (unpaired) electrons. The number of rotatable bonds is 5. The van der Waals surface area contributed by atoms with E-state index in [0.29, 0.717) is 48.7 Å². The van der Waals surface area contributed by atoms with Crippen molar-refractivity contribution in [3.63, 3.8) is 0 Å². The van der Waals surface area contributed by atoms with Crippen LogP contribution in [-0.2, 0) is 0 Å². The molecular formula is C21H24N2O5. The van der Waals surface area contributed by atoms with E-state index in [-0.39, 0.29) is 18.0 Å². The minimum atomic E-state index is -0.365. The van der Waals surface area contributed by atoms with E-state index in [1.54, 1.807) is 42.3 Å². The predicted octanol–water partition coefficient (Wildman–Crippen LogP) is 3.10. The predicted molar refractivity (Wildman–Crippen MR) is 104 cm³/mol. The molecule has 7 heteroatoms. The number of ether oxygens (including phenoxy) is 3. The molecule has 0 bridgehead atoms. The Morgan fingerprint density at radius 2 is 1.64 bits per heavy atom. The molecule has 0 aromatic heterocycles. The molecule has 1 fully saturated rings. The van der Waals surface area contributed by atoms with Gasteiger partial charge in [-0.2, -0.15) is 0 Å². The number of piperidine rings is 1. The third-order valence-electron chi connectivity index (χ3n) is 4.68. The summed E-state index contributed by atoms with van der Waals surface area (Å²) in [5, 5.41) is 3.02. The van der Waals surface area contributed by atoms with Gasteiger partial charge in [-0.3, -0.25) is 4.79 Å². The van der Waals surface area contributed by atoms with Crippen LogP contribution < -0.4 is 19.5 Å². The summed E-state index contributed by atoms with van der Waals surface area (Å²) < 4.78 is 15.8. The van der Waals surface area contributed by atoms with Crippen LogP contribution >= 0.6 is 0 Å². The van der Waals surface area contributed by atoms with Crippen molar-refractivity contribution < 1.29 is 23.8 Å². The third kappa shape index (κ3) is 4.73. The average Bonchev–Trinajstić information content (AvgIpc) is 2.74. The highest BCUT2D eigenvalue weighted by Gasteiger charge is 2.25. The number of hydrogen-bond acceptors (Lipinski definition) is 5. The number of amides is 2. The molecule has 3 rings (SSSR count). The Labute approximate surface area is 164 Å². The third-order valence-corrected chi connectivity index (χ3v) is 4.68. The lowest BCUT2D eigenvalue weighted by Crippen LogP contribution is -2.47. The number of carbonyl (C=O) groups excluding carboxylic acids is 2. The van der Waals surface area contributed by atoms with E-state index in [4.69, 9.17) is 14.2 Å². The van der Waals surface area contributed by atoms with Crippen molar-refractivity contribution in [1.82, 2.24) is 10.2 Å². The largest absolute Gasteiger partial charge is 0.493 e. The molecule has 0 aliphatic carbocycles. The lowest BCUT2D eigenvalue weighted by atomic mass is 10.0. The Morgan fingerprint density at radius 1 is 0.964 bits per heavy atom. The van der Waals surface area contributed by atoms with Crippen LogP contribution in [0.2, 0.25) is 0 Å². The minimum Gasteiger partial charge on any atom is -0.493 e. The Balaban J connectivity index is 1.51. The number of methoxy groups -OCH3 is 2. The molecule has 1 aliphatic heterocycles. The number of hydrogen-bond donors (Lipinski definition) is 1. The number of nitrogens with one attached hydrogen (secondary N) is 1. The number of nitrogens with zero attached hydrogens (tertiary/aromatic N) is 1. The van der Waals surface area contributed by atoms with E-state index in [1.807, 2.05) is 18.2 Å². The van der Waals surface area contributed by atoms with Crippen molar-refractivity contribution in [3.05, 3.63) is 54.1 Å². The normalized spacial score (nSPS) is 14.3. The molecule has 1 heterocycles. The van der Waals surface area contributed by atoms with Crippen LogP contribution in [0.25, 0.3) is 0 Å². The summed E-state index contributed by atoms with van der Waals surface area (Å²) in [6, 6.07) is 14.0. The van der Waals surface area contributed by atoms with Crippen molar-refractivity contribution >= 4 is 12.0 Å². The zero-order valence-corrected chi connectivity index (χ0v) is 16.0. The molecule has 148 valence electrons. The van der Waals surface area contributed by atoms with Gasteiger partial charge in [0.15, 0.2) is 11.5 Å². The van der Waals surface area contributed by atoms with Gasteiger partial charge in [-0.15, -0.1) is 0 Å². The molecule has 7 nitrogen and oxygen atoms in total. The molecule has 2 aromatic rings. The van der Waals surface area contributed by atoms with Crippen molar-refractivity contribution in [2.75, 3.05) is 27.3 Å². The fourth-order valence-corrected chi connectivity index (χ4v) is 3.11. The topological polar surface area (TPSA) is 77.1 Å². The van der Waals surface area contributed by atoms with Gasteiger partial charge in [0.1, 0.15) is 5.75 Å². The molecule has 0 saturated carbocycles. The van der Waals surface area contributed by atoms with Gasteiger partial charge >= 0.3 is 6.09 Å². The maximum atomic E-state index is 12.5. The van der Waals surface area contributed by atoms with E-state index in [0.717, 1.165) is 0 Å². The molecule has 2 amide bonds. The fourth-order valence-electron chi connectivity index (χ4n) is 3.11. The average molecular weight is 384 g/mol. The van der Waals surface area contributed by atoms with Gasteiger partial charge in [0.05, 0.1) is 14.2 Å². The molecule has 2 aromatic carbocycles. The first kappa shape index (κ1) is 19.5. The molecule has 1 N–H and O–H groups in total. The van der Waals surface area contributed by atoms with E-state index >= 15 is 0 Å². The highest BCUT2D eigenvalue weighted by molar-refractivity contribution is 5.95. The number of para-hydroxylation sites is 1. The lowest BCUT2D eigenvalue weighted by Gasteiger charge is -2.31. The fraction of sp³-hybridized carbons (Fsp3) is 0.333. The zero-order valence-electron chi connectivity index (χ0n) is 16.0. The number of benzene rings is 2. The second-order valence-corrected chi connectivity index (χ2v) is 6.49. The van der Waals surface area contributed by atoms with Crippen LogP contribution in [0.4, 0.5) is 4.79 Å². The van der Waals surface area contributed by atoms with Crippen molar-refractivity contribution in [2.24, 2.45) is 0 Å². The molecular weight excluding hydrogens is 360 g/mol. The summed E-state index contributed by atoms with van der Waals surface area (Å²) in [7, 11) is 3.08. The van der Waals surface area contributed by atoms with Crippen LogP contribution in [0.3, 0.4) is 0 Å². The van der Waals surface area contributed by atoms with E-state index in [2.05, 4.69) is 5.32 Å². The van der Waals surface area contributed by atoms with Crippen molar-refractivity contribution in [1.29, 1.82) is 0 Å².